The van der Waals surface area contributed by atoms with Crippen LogP contribution in [0.15, 0.2) is 47.3 Å². The summed E-state index contributed by atoms with van der Waals surface area (Å²) in [5.41, 5.74) is 0.586. The van der Waals surface area contributed by atoms with Gasteiger partial charge in [-0.25, -0.2) is 0 Å². The maximum Gasteiger partial charge on any atom is 0.271 e. The quantitative estimate of drug-likeness (QED) is 0.775. The lowest BCUT2D eigenvalue weighted by Gasteiger charge is -2.21. The molecule has 1 aromatic carbocycles. The summed E-state index contributed by atoms with van der Waals surface area (Å²) in [7, 11) is 0. The first-order valence-corrected chi connectivity index (χ1v) is 9.29. The average molecular weight is 355 g/mol. The Morgan fingerprint density at radius 3 is 2.65 bits per heavy atom. The number of rotatable bonds is 7. The molecule has 6 nitrogen and oxygen atoms in total. The van der Waals surface area contributed by atoms with E-state index in [0.29, 0.717) is 24.9 Å². The number of carbonyl (C=O) groups is 1. The highest BCUT2D eigenvalue weighted by atomic mass is 16.5. The van der Waals surface area contributed by atoms with E-state index < -0.39 is 0 Å². The fraction of sp³-hybridized carbons (Fsp3) is 0.450. The third-order valence-corrected chi connectivity index (χ3v) is 4.55. The average Bonchev–Trinajstić information content (AvgIpc) is 2.69. The van der Waals surface area contributed by atoms with Crippen LogP contribution in [0.4, 0.5) is 0 Å². The van der Waals surface area contributed by atoms with Crippen molar-refractivity contribution in [2.75, 3.05) is 13.2 Å². The Balaban J connectivity index is 1.49. The normalized spacial score (nSPS) is 14.9. The molecule has 1 amide bonds. The summed E-state index contributed by atoms with van der Waals surface area (Å²) in [6.45, 7) is 1.18. The SMILES string of the molecule is O=C(NCCCOC1CCCCC1)c1ccc(=O)n(-c2ccccc2)n1. The Bertz CT molecular complexity index is 767. The van der Waals surface area contributed by atoms with Gasteiger partial charge in [0, 0.05) is 19.2 Å². The number of hydrogen-bond acceptors (Lipinski definition) is 4. The van der Waals surface area contributed by atoms with Crippen LogP contribution in [0.5, 0.6) is 0 Å². The van der Waals surface area contributed by atoms with E-state index in [2.05, 4.69) is 10.4 Å². The van der Waals surface area contributed by atoms with Crippen molar-refractivity contribution < 1.29 is 9.53 Å². The van der Waals surface area contributed by atoms with E-state index in [1.807, 2.05) is 18.2 Å². The lowest BCUT2D eigenvalue weighted by Crippen LogP contribution is -2.30. The Hall–Kier alpha value is -2.47. The molecular formula is C20H25N3O3. The van der Waals surface area contributed by atoms with Gasteiger partial charge in [0.05, 0.1) is 11.8 Å². The molecule has 1 heterocycles. The Kier molecular flexibility index (Phi) is 6.55. The van der Waals surface area contributed by atoms with Crippen molar-refractivity contribution in [3.63, 3.8) is 0 Å². The molecule has 26 heavy (non-hydrogen) atoms. The highest BCUT2D eigenvalue weighted by Crippen LogP contribution is 2.20. The van der Waals surface area contributed by atoms with Crippen LogP contribution in [-0.4, -0.2) is 34.9 Å². The number of nitrogens with one attached hydrogen (secondary N) is 1. The Morgan fingerprint density at radius 2 is 1.88 bits per heavy atom. The zero-order valence-electron chi connectivity index (χ0n) is 14.9. The van der Waals surface area contributed by atoms with Crippen LogP contribution in [-0.2, 0) is 4.74 Å². The predicted octanol–water partition coefficient (Wildman–Crippen LogP) is 2.70. The lowest BCUT2D eigenvalue weighted by atomic mass is 9.98. The van der Waals surface area contributed by atoms with E-state index in [4.69, 9.17) is 4.74 Å². The number of aromatic nitrogens is 2. The molecule has 2 aromatic rings. The van der Waals surface area contributed by atoms with Gasteiger partial charge in [0.1, 0.15) is 5.69 Å². The second kappa shape index (κ2) is 9.29. The van der Waals surface area contributed by atoms with Crippen molar-refractivity contribution in [2.24, 2.45) is 0 Å². The van der Waals surface area contributed by atoms with Crippen molar-refractivity contribution in [3.8, 4) is 5.69 Å². The summed E-state index contributed by atoms with van der Waals surface area (Å²) < 4.78 is 7.09. The molecular weight excluding hydrogens is 330 g/mol. The smallest absolute Gasteiger partial charge is 0.271 e. The largest absolute Gasteiger partial charge is 0.378 e. The number of para-hydroxylation sites is 1. The van der Waals surface area contributed by atoms with Crippen LogP contribution in [0.2, 0.25) is 0 Å². The van der Waals surface area contributed by atoms with Gasteiger partial charge in [-0.3, -0.25) is 9.59 Å². The third kappa shape index (κ3) is 5.02. The summed E-state index contributed by atoms with van der Waals surface area (Å²) in [6, 6.07) is 11.9. The van der Waals surface area contributed by atoms with E-state index in [9.17, 15) is 9.59 Å². The van der Waals surface area contributed by atoms with Crippen molar-refractivity contribution in [1.29, 1.82) is 0 Å². The molecule has 1 saturated carbocycles. The molecule has 3 rings (SSSR count). The van der Waals surface area contributed by atoms with Gasteiger partial charge in [0.15, 0.2) is 0 Å². The minimum atomic E-state index is -0.285. The number of ether oxygens (including phenoxy) is 1. The van der Waals surface area contributed by atoms with Gasteiger partial charge in [0.25, 0.3) is 11.5 Å². The third-order valence-electron chi connectivity index (χ3n) is 4.55. The molecule has 1 fully saturated rings. The van der Waals surface area contributed by atoms with Gasteiger partial charge in [-0.15, -0.1) is 0 Å². The topological polar surface area (TPSA) is 73.2 Å². The molecule has 1 aromatic heterocycles. The molecule has 0 aliphatic heterocycles. The minimum Gasteiger partial charge on any atom is -0.378 e. The van der Waals surface area contributed by atoms with E-state index in [1.165, 1.54) is 36.1 Å². The molecule has 0 saturated heterocycles. The summed E-state index contributed by atoms with van der Waals surface area (Å²) in [5, 5.41) is 7.01. The van der Waals surface area contributed by atoms with Crippen LogP contribution in [0.3, 0.4) is 0 Å². The lowest BCUT2D eigenvalue weighted by molar-refractivity contribution is 0.0273. The minimum absolute atomic E-state index is 0.224. The van der Waals surface area contributed by atoms with Gasteiger partial charge in [-0.2, -0.15) is 9.78 Å². The summed E-state index contributed by atoms with van der Waals surface area (Å²) >= 11 is 0. The van der Waals surface area contributed by atoms with E-state index >= 15 is 0 Å². The fourth-order valence-corrected chi connectivity index (χ4v) is 3.13. The molecule has 0 radical (unpaired) electrons. The first-order valence-electron chi connectivity index (χ1n) is 9.29. The van der Waals surface area contributed by atoms with Crippen LogP contribution >= 0.6 is 0 Å². The van der Waals surface area contributed by atoms with Crippen molar-refractivity contribution >= 4 is 5.91 Å². The predicted molar refractivity (Wildman–Crippen MR) is 99.6 cm³/mol. The molecule has 6 heteroatoms. The zero-order chi connectivity index (χ0) is 18.2. The molecule has 0 spiro atoms. The molecule has 138 valence electrons. The maximum atomic E-state index is 12.3. The number of benzene rings is 1. The van der Waals surface area contributed by atoms with Crippen LogP contribution in [0.25, 0.3) is 5.69 Å². The Labute approximate surface area is 153 Å². The van der Waals surface area contributed by atoms with E-state index in [0.717, 1.165) is 19.3 Å². The summed E-state index contributed by atoms with van der Waals surface area (Å²) in [6.07, 6.45) is 7.27. The summed E-state index contributed by atoms with van der Waals surface area (Å²) in [4.78, 5) is 24.3. The van der Waals surface area contributed by atoms with E-state index in [-0.39, 0.29) is 17.2 Å². The highest BCUT2D eigenvalue weighted by Gasteiger charge is 2.13. The zero-order valence-corrected chi connectivity index (χ0v) is 14.9. The van der Waals surface area contributed by atoms with Crippen LogP contribution in [0.1, 0.15) is 49.0 Å². The van der Waals surface area contributed by atoms with Gasteiger partial charge >= 0.3 is 0 Å². The number of hydrogen-bond donors (Lipinski definition) is 1. The molecule has 0 unspecified atom stereocenters. The fourth-order valence-electron chi connectivity index (χ4n) is 3.13. The number of carbonyl (C=O) groups excluding carboxylic acids is 1. The second-order valence-electron chi connectivity index (χ2n) is 6.54. The second-order valence-corrected chi connectivity index (χ2v) is 6.54. The maximum absolute atomic E-state index is 12.3. The standard InChI is InChI=1S/C20H25N3O3/c24-19-13-12-18(22-23(19)16-8-3-1-4-9-16)20(25)21-14-7-15-26-17-10-5-2-6-11-17/h1,3-4,8-9,12-13,17H,2,5-7,10-11,14-15H2,(H,21,25). The highest BCUT2D eigenvalue weighted by molar-refractivity contribution is 5.92. The van der Waals surface area contributed by atoms with Gasteiger partial charge in [-0.05, 0) is 37.5 Å². The van der Waals surface area contributed by atoms with Crippen LogP contribution in [0, 0.1) is 0 Å². The first-order chi connectivity index (χ1) is 12.7. The van der Waals surface area contributed by atoms with Gasteiger partial charge in [0.2, 0.25) is 0 Å². The Morgan fingerprint density at radius 1 is 1.12 bits per heavy atom. The molecule has 1 aliphatic rings. The molecule has 0 atom stereocenters. The number of amides is 1. The molecule has 1 aliphatic carbocycles. The van der Waals surface area contributed by atoms with Crippen LogP contribution < -0.4 is 10.9 Å². The van der Waals surface area contributed by atoms with Crippen molar-refractivity contribution in [2.45, 2.75) is 44.6 Å². The van der Waals surface area contributed by atoms with Crippen molar-refractivity contribution in [3.05, 3.63) is 58.5 Å². The van der Waals surface area contributed by atoms with Gasteiger partial charge in [-0.1, -0.05) is 37.5 Å². The number of nitrogens with zero attached hydrogens (tertiary/aromatic N) is 2. The monoisotopic (exact) mass is 355 g/mol. The molecule has 1 N–H and O–H groups in total. The summed E-state index contributed by atoms with van der Waals surface area (Å²) in [5.74, 6) is -0.285. The van der Waals surface area contributed by atoms with E-state index in [1.54, 1.807) is 12.1 Å². The first kappa shape index (κ1) is 18.3. The molecule has 0 bridgehead atoms. The van der Waals surface area contributed by atoms with Crippen molar-refractivity contribution in [1.82, 2.24) is 15.1 Å². The van der Waals surface area contributed by atoms with Gasteiger partial charge < -0.3 is 10.1 Å².